The molecule has 2 aliphatic rings. The first-order valence-electron chi connectivity index (χ1n) is 16.6. The maximum Gasteiger partial charge on any atom is 0.245 e. The second-order valence-electron chi connectivity index (χ2n) is 13.2. The van der Waals surface area contributed by atoms with Gasteiger partial charge in [-0.1, -0.05) is 44.2 Å². The van der Waals surface area contributed by atoms with Crippen LogP contribution in [0.25, 0.3) is 4.96 Å². The molecular formula is C34H45N7O7S. The third kappa shape index (κ3) is 9.02. The molecule has 2 saturated heterocycles. The van der Waals surface area contributed by atoms with E-state index in [1.807, 2.05) is 60.2 Å². The van der Waals surface area contributed by atoms with Crippen molar-refractivity contribution < 1.29 is 33.8 Å². The largest absolute Gasteiger partial charge is 0.388 e. The van der Waals surface area contributed by atoms with E-state index in [4.69, 9.17) is 4.74 Å². The molecule has 49 heavy (non-hydrogen) atoms. The lowest BCUT2D eigenvalue weighted by atomic mass is 9.97. The van der Waals surface area contributed by atoms with E-state index in [1.54, 1.807) is 13.1 Å². The molecule has 14 nitrogen and oxygen atoms in total. The quantitative estimate of drug-likeness (QED) is 0.289. The molecule has 5 amide bonds. The van der Waals surface area contributed by atoms with E-state index in [1.165, 1.54) is 28.2 Å². The smallest absolute Gasteiger partial charge is 0.245 e. The average molecular weight is 696 g/mol. The molecule has 2 bridgehead atoms. The van der Waals surface area contributed by atoms with Gasteiger partial charge in [0.05, 0.1) is 31.2 Å². The van der Waals surface area contributed by atoms with Crippen LogP contribution in [0.1, 0.15) is 44.9 Å². The van der Waals surface area contributed by atoms with Crippen molar-refractivity contribution in [3.05, 3.63) is 59.4 Å². The predicted molar refractivity (Wildman–Crippen MR) is 181 cm³/mol. The van der Waals surface area contributed by atoms with Crippen molar-refractivity contribution in [2.45, 2.75) is 82.8 Å². The zero-order chi connectivity index (χ0) is 35.2. The fourth-order valence-electron chi connectivity index (χ4n) is 6.15. The Bertz CT molecular complexity index is 1610. The second-order valence-corrected chi connectivity index (χ2v) is 14.1. The van der Waals surface area contributed by atoms with Gasteiger partial charge in [-0.25, -0.2) is 4.98 Å². The van der Waals surface area contributed by atoms with Gasteiger partial charge in [0.15, 0.2) is 4.96 Å². The van der Waals surface area contributed by atoms with Gasteiger partial charge in [-0.05, 0) is 31.2 Å². The van der Waals surface area contributed by atoms with Crippen molar-refractivity contribution in [2.24, 2.45) is 5.92 Å². The van der Waals surface area contributed by atoms with Crippen molar-refractivity contribution >= 4 is 45.8 Å². The number of benzene rings is 1. The van der Waals surface area contributed by atoms with Gasteiger partial charge in [-0.15, -0.1) is 11.3 Å². The molecular weight excluding hydrogens is 650 g/mol. The molecule has 0 unspecified atom stereocenters. The summed E-state index contributed by atoms with van der Waals surface area (Å²) in [5.41, 5.74) is 1.32. The summed E-state index contributed by atoms with van der Waals surface area (Å²) in [5, 5.41) is 21.8. The number of likely N-dealkylation sites (N-methyl/N-ethyl adjacent to an activating group) is 1. The molecule has 5 rings (SSSR count). The first kappa shape index (κ1) is 36.0. The third-order valence-electron chi connectivity index (χ3n) is 9.01. The van der Waals surface area contributed by atoms with Crippen LogP contribution in [0, 0.1) is 5.92 Å². The number of nitrogens with one attached hydrogen (secondary N) is 3. The molecule has 1 aromatic carbocycles. The zero-order valence-electron chi connectivity index (χ0n) is 28.2. The molecule has 0 aliphatic carbocycles. The number of imidazole rings is 1. The number of fused-ring (bicyclic) bond motifs is 3. The van der Waals surface area contributed by atoms with E-state index >= 15 is 0 Å². The molecule has 4 N–H and O–H groups in total. The fraction of sp³-hybridized carbons (Fsp3) is 0.529. The lowest BCUT2D eigenvalue weighted by Crippen LogP contribution is -2.60. The molecule has 0 saturated carbocycles. The minimum Gasteiger partial charge on any atom is -0.388 e. The van der Waals surface area contributed by atoms with Crippen LogP contribution >= 0.6 is 11.3 Å². The van der Waals surface area contributed by atoms with Crippen LogP contribution in [0.3, 0.4) is 0 Å². The van der Waals surface area contributed by atoms with Crippen molar-refractivity contribution in [3.63, 3.8) is 0 Å². The Labute approximate surface area is 289 Å². The van der Waals surface area contributed by atoms with Crippen LogP contribution in [0.4, 0.5) is 0 Å². The number of aliphatic hydroxyl groups excluding tert-OH is 1. The van der Waals surface area contributed by atoms with Gasteiger partial charge in [0.2, 0.25) is 29.5 Å². The number of ether oxygens (including phenoxy) is 1. The summed E-state index contributed by atoms with van der Waals surface area (Å²) >= 11 is 1.43. The van der Waals surface area contributed by atoms with Crippen molar-refractivity contribution in [1.29, 1.82) is 0 Å². The van der Waals surface area contributed by atoms with Gasteiger partial charge in [0.1, 0.15) is 30.3 Å². The van der Waals surface area contributed by atoms with Gasteiger partial charge in [0, 0.05) is 37.8 Å². The number of hydrogen-bond donors (Lipinski definition) is 4. The minimum absolute atomic E-state index is 0.00933. The van der Waals surface area contributed by atoms with E-state index < -0.39 is 72.5 Å². The number of nitrogens with zero attached hydrogens (tertiary/aromatic N) is 4. The predicted octanol–water partition coefficient (Wildman–Crippen LogP) is 0.520. The number of thiazole rings is 1. The molecule has 0 radical (unpaired) electrons. The molecule has 264 valence electrons. The number of amides is 5. The van der Waals surface area contributed by atoms with Crippen LogP contribution in [-0.4, -0.2) is 117 Å². The Kier molecular flexibility index (Phi) is 11.7. The van der Waals surface area contributed by atoms with Crippen LogP contribution in [0.15, 0.2) is 48.1 Å². The maximum absolute atomic E-state index is 13.8. The third-order valence-corrected chi connectivity index (χ3v) is 9.78. The average Bonchev–Trinajstić information content (AvgIpc) is 3.66. The summed E-state index contributed by atoms with van der Waals surface area (Å²) in [6.45, 7) is 5.00. The Hall–Kier alpha value is -4.34. The summed E-state index contributed by atoms with van der Waals surface area (Å²) in [7, 11) is 1.48. The highest BCUT2D eigenvalue weighted by Gasteiger charge is 2.39. The van der Waals surface area contributed by atoms with Gasteiger partial charge >= 0.3 is 0 Å². The van der Waals surface area contributed by atoms with Crippen LogP contribution < -0.4 is 16.0 Å². The molecule has 3 aromatic rings. The Balaban J connectivity index is 1.45. The van der Waals surface area contributed by atoms with E-state index in [0.717, 1.165) is 10.5 Å². The Morgan fingerprint density at radius 1 is 1.08 bits per heavy atom. The molecule has 2 fully saturated rings. The normalized spacial score (nSPS) is 26.3. The number of rotatable bonds is 6. The van der Waals surface area contributed by atoms with Crippen molar-refractivity contribution in [2.75, 3.05) is 26.7 Å². The molecule has 2 aromatic heterocycles. The number of aromatic nitrogens is 2. The summed E-state index contributed by atoms with van der Waals surface area (Å²) in [5.74, 6) is -2.53. The second kappa shape index (κ2) is 15.9. The maximum atomic E-state index is 13.8. The lowest BCUT2D eigenvalue weighted by molar-refractivity contribution is -0.145. The van der Waals surface area contributed by atoms with E-state index in [2.05, 4.69) is 20.9 Å². The van der Waals surface area contributed by atoms with Crippen LogP contribution in [0.2, 0.25) is 0 Å². The zero-order valence-corrected chi connectivity index (χ0v) is 29.0. The van der Waals surface area contributed by atoms with Crippen molar-refractivity contribution in [1.82, 2.24) is 35.1 Å². The summed E-state index contributed by atoms with van der Waals surface area (Å²) in [6, 6.07) is 5.48. The Morgan fingerprint density at radius 3 is 2.55 bits per heavy atom. The first-order chi connectivity index (χ1) is 23.4. The number of carbonyl (C=O) groups excluding carboxylic acids is 5. The van der Waals surface area contributed by atoms with Gasteiger partial charge in [0.25, 0.3) is 0 Å². The number of carbonyl (C=O) groups is 5. The molecule has 15 heteroatoms. The van der Waals surface area contributed by atoms with Crippen LogP contribution in [-0.2, 0) is 41.6 Å². The SMILES string of the molecule is CC(C)C[C@H]1NC(=O)CN(C(=O)Cc2cn3ccsc3n2)C[C@H]2OCC[C@H](NC(=O)[C@H](Cc3ccccc3)NC(=O)[C@H](C)N(C)C1=O)[C@@H]2O. The highest BCUT2D eigenvalue weighted by Crippen LogP contribution is 2.19. The van der Waals surface area contributed by atoms with Gasteiger partial charge in [-0.2, -0.15) is 0 Å². The first-order valence-corrected chi connectivity index (χ1v) is 17.5. The fourth-order valence-corrected chi connectivity index (χ4v) is 6.87. The van der Waals surface area contributed by atoms with Gasteiger partial charge < -0.3 is 35.6 Å². The minimum atomic E-state index is -1.22. The molecule has 6 atom stereocenters. The monoisotopic (exact) mass is 695 g/mol. The highest BCUT2D eigenvalue weighted by atomic mass is 32.1. The molecule has 2 aliphatic heterocycles. The van der Waals surface area contributed by atoms with Gasteiger partial charge in [-0.3, -0.25) is 28.4 Å². The van der Waals surface area contributed by atoms with E-state index in [9.17, 15) is 29.1 Å². The summed E-state index contributed by atoms with van der Waals surface area (Å²) in [4.78, 5) is 76.2. The van der Waals surface area contributed by atoms with E-state index in [0.29, 0.717) is 12.1 Å². The van der Waals surface area contributed by atoms with E-state index in [-0.39, 0.29) is 38.3 Å². The molecule has 4 heterocycles. The lowest BCUT2D eigenvalue weighted by Gasteiger charge is -2.38. The Morgan fingerprint density at radius 2 is 1.84 bits per heavy atom. The summed E-state index contributed by atoms with van der Waals surface area (Å²) < 4.78 is 7.71. The summed E-state index contributed by atoms with van der Waals surface area (Å²) in [6.07, 6.45) is 2.07. The van der Waals surface area contributed by atoms with Crippen molar-refractivity contribution in [3.8, 4) is 0 Å². The highest BCUT2D eigenvalue weighted by molar-refractivity contribution is 7.15. The standard InChI is InChI=1S/C34H45N7O7S/c1-20(2)14-26-33(47)39(4)21(3)31(45)38-25(15-22-8-6-5-7-9-22)32(46)37-24-10-12-48-27(30(24)44)18-41(19-28(42)36-26)29(43)16-23-17-40-11-13-49-34(40)35-23/h5-9,11,13,17,20-21,24-27,30,44H,10,12,14-16,18-19H2,1-4H3,(H,36,42)(H,37,46)(H,38,45)/t21-,24-,25-,26+,27+,30-/m0/s1. The van der Waals surface area contributed by atoms with Crippen LogP contribution in [0.5, 0.6) is 0 Å². The number of hydrogen-bond acceptors (Lipinski definition) is 9. The topological polar surface area (TPSA) is 175 Å². The number of aliphatic hydroxyl groups is 1. The molecule has 0 spiro atoms.